The van der Waals surface area contributed by atoms with Gasteiger partial charge < -0.3 is 0 Å². The minimum Gasteiger partial charge on any atom is -0.199 e. The first kappa shape index (κ1) is 35.1. The maximum absolute atomic E-state index is 4.17. The number of aromatic nitrogens is 2. The van der Waals surface area contributed by atoms with Gasteiger partial charge in [-0.2, -0.15) is 9.13 Å². The molecule has 6 heterocycles. The summed E-state index contributed by atoms with van der Waals surface area (Å²) in [6.07, 6.45) is 6.68. The Morgan fingerprint density at radius 3 is 1.21 bits per heavy atom. The number of hydrogen-bond acceptors (Lipinski definition) is 0. The van der Waals surface area contributed by atoms with Gasteiger partial charge in [-0.05, 0) is 177 Å². The van der Waals surface area contributed by atoms with Crippen LogP contribution < -0.4 is 0 Å². The molecule has 1 atom stereocenters. The highest BCUT2D eigenvalue weighted by atomic mass is 15.6. The lowest BCUT2D eigenvalue weighted by Crippen LogP contribution is -2.63. The topological polar surface area (TPSA) is 15.9 Å². The minimum atomic E-state index is -0.905. The molecule has 4 aliphatic heterocycles. The van der Waals surface area contributed by atoms with Gasteiger partial charge in [0.15, 0.2) is 11.4 Å². The third-order valence-electron chi connectivity index (χ3n) is 14.4. The van der Waals surface area contributed by atoms with Crippen LogP contribution in [0.3, 0.4) is 0 Å². The van der Waals surface area contributed by atoms with Gasteiger partial charge in [-0.1, -0.05) is 21.8 Å². The number of fused-ring (bicyclic) bond motifs is 12. The SMILES string of the molecule is C=C=Cc1c(C)c(C)c2n1C1(n3c(C=CC)c(C)c(C)c3C(C)=C3c4c(C)c(C)c(C)c(C)c4C(C)=[N+]31)[N+]1=C(C)c3c(C)c(C)c(C)c(C)c3C1=C2C. The van der Waals surface area contributed by atoms with E-state index in [9.17, 15) is 0 Å². The van der Waals surface area contributed by atoms with Crippen LogP contribution in [0.2, 0.25) is 0 Å². The van der Waals surface area contributed by atoms with E-state index in [1.165, 1.54) is 140 Å². The van der Waals surface area contributed by atoms with Gasteiger partial charge in [0.25, 0.3) is 0 Å². The van der Waals surface area contributed by atoms with Gasteiger partial charge in [0.2, 0.25) is 11.4 Å². The second-order valence-corrected chi connectivity index (χ2v) is 16.4. The maximum Gasteiger partial charge on any atom is 0.553 e. The highest BCUT2D eigenvalue weighted by Gasteiger charge is 2.72. The number of hydrogen-bond donors (Lipinski definition) is 0. The molecule has 0 fully saturated rings. The first-order chi connectivity index (χ1) is 25.0. The third-order valence-corrected chi connectivity index (χ3v) is 14.4. The van der Waals surface area contributed by atoms with Crippen molar-refractivity contribution in [2.45, 2.75) is 124 Å². The highest BCUT2D eigenvalue weighted by Crippen LogP contribution is 2.58. The summed E-state index contributed by atoms with van der Waals surface area (Å²) < 4.78 is 10.9. The lowest BCUT2D eigenvalue weighted by atomic mass is 9.86. The van der Waals surface area contributed by atoms with Crippen molar-refractivity contribution in [3.05, 3.63) is 130 Å². The first-order valence-electron chi connectivity index (χ1n) is 19.3. The van der Waals surface area contributed by atoms with E-state index >= 15 is 0 Å². The fourth-order valence-corrected chi connectivity index (χ4v) is 11.0. The Morgan fingerprint density at radius 2 is 0.830 bits per heavy atom. The largest absolute Gasteiger partial charge is 0.553 e. The fraction of sp³-hybridized carbons (Fsp3) is 0.367. The molecular weight excluding hydrogens is 645 g/mol. The van der Waals surface area contributed by atoms with E-state index in [0.717, 1.165) is 5.69 Å². The molecule has 1 unspecified atom stereocenters. The predicted octanol–water partition coefficient (Wildman–Crippen LogP) is 11.4. The molecule has 1 spiro atoms. The van der Waals surface area contributed by atoms with E-state index in [0.29, 0.717) is 0 Å². The Labute approximate surface area is 317 Å². The Hall–Kier alpha value is -4.92. The van der Waals surface area contributed by atoms with Gasteiger partial charge in [0.1, 0.15) is 0 Å². The van der Waals surface area contributed by atoms with Gasteiger partial charge in [-0.15, -0.1) is 5.73 Å². The summed E-state index contributed by atoms with van der Waals surface area (Å²) in [4.78, 5) is 0. The molecule has 4 aromatic rings. The Balaban J connectivity index is 1.78. The third kappa shape index (κ3) is 3.69. The average Bonchev–Trinajstić information content (AvgIpc) is 3.79. The van der Waals surface area contributed by atoms with Crippen LogP contribution in [-0.4, -0.2) is 29.7 Å². The second kappa shape index (κ2) is 11.1. The van der Waals surface area contributed by atoms with Gasteiger partial charge in [-0.25, -0.2) is 0 Å². The van der Waals surface area contributed by atoms with Gasteiger partial charge in [-0.3, -0.25) is 0 Å². The molecule has 0 radical (unpaired) electrons. The molecule has 0 saturated heterocycles. The zero-order chi connectivity index (χ0) is 38.6. The van der Waals surface area contributed by atoms with E-state index in [2.05, 4.69) is 167 Å². The highest BCUT2D eigenvalue weighted by molar-refractivity contribution is 6.12. The van der Waals surface area contributed by atoms with Crippen molar-refractivity contribution in [3.63, 3.8) is 0 Å². The van der Waals surface area contributed by atoms with E-state index in [1.807, 2.05) is 0 Å². The van der Waals surface area contributed by atoms with E-state index < -0.39 is 5.91 Å². The van der Waals surface area contributed by atoms with Crippen LogP contribution in [-0.2, 0) is 5.91 Å². The fourth-order valence-electron chi connectivity index (χ4n) is 11.0. The first-order valence-corrected chi connectivity index (χ1v) is 19.3. The molecule has 4 heteroatoms. The molecule has 2 aromatic carbocycles. The molecule has 4 aliphatic rings. The van der Waals surface area contributed by atoms with Crippen LogP contribution in [0.4, 0.5) is 0 Å². The molecule has 8 rings (SSSR count). The molecule has 2 aromatic heterocycles. The Bertz CT molecular complexity index is 2670. The molecule has 53 heavy (non-hydrogen) atoms. The van der Waals surface area contributed by atoms with Crippen molar-refractivity contribution in [3.8, 4) is 0 Å². The van der Waals surface area contributed by atoms with Crippen molar-refractivity contribution < 1.29 is 9.15 Å². The summed E-state index contributed by atoms with van der Waals surface area (Å²) >= 11 is 0. The quantitative estimate of drug-likeness (QED) is 0.146. The van der Waals surface area contributed by atoms with Gasteiger partial charge in [0.05, 0.1) is 45.0 Å². The van der Waals surface area contributed by atoms with Crippen molar-refractivity contribution in [2.24, 2.45) is 0 Å². The van der Waals surface area contributed by atoms with E-state index in [-0.39, 0.29) is 0 Å². The van der Waals surface area contributed by atoms with Crippen molar-refractivity contribution in [1.29, 1.82) is 0 Å². The van der Waals surface area contributed by atoms with Crippen LogP contribution in [0, 0.1) is 83.1 Å². The Kier molecular flexibility index (Phi) is 7.33. The molecule has 0 amide bonds. The average molecular weight is 701 g/mol. The molecule has 0 aliphatic carbocycles. The zero-order valence-corrected chi connectivity index (χ0v) is 35.2. The summed E-state index contributed by atoms with van der Waals surface area (Å²) in [6.45, 7) is 43.7. The monoisotopic (exact) mass is 700 g/mol. The molecule has 270 valence electrons. The van der Waals surface area contributed by atoms with Crippen LogP contribution >= 0.6 is 0 Å². The summed E-state index contributed by atoms with van der Waals surface area (Å²) in [7, 11) is 0. The standard InChI is InChI=1S/C49H56N4/c1-19-21-39-27(7)33(13)45-35(15)47-43-31(11)25(5)23(3)29(9)41(43)37(17)50(47)49(52(39)45)51-38(18)42-30(10)24(4)26(6)32(12)44(42)48(51)36(16)46-34(14)28(8)40(22-20-2)53(46)49/h20-22H,1H2,2-18H3/q+2. The van der Waals surface area contributed by atoms with Crippen LogP contribution in [0.15, 0.2) is 18.4 Å². The number of allylic oxidation sites excluding steroid dienone is 3. The maximum atomic E-state index is 4.17. The van der Waals surface area contributed by atoms with Gasteiger partial charge >= 0.3 is 5.91 Å². The predicted molar refractivity (Wildman–Crippen MR) is 225 cm³/mol. The minimum absolute atomic E-state index is 0.905. The van der Waals surface area contributed by atoms with Crippen molar-refractivity contribution >= 4 is 46.1 Å². The summed E-state index contributed by atoms with van der Waals surface area (Å²) in [5.41, 5.74) is 37.7. The molecule has 0 bridgehead atoms. The molecular formula is C49H56N4+2. The summed E-state index contributed by atoms with van der Waals surface area (Å²) in [5.74, 6) is -0.905. The van der Waals surface area contributed by atoms with Crippen LogP contribution in [0.25, 0.3) is 34.7 Å². The van der Waals surface area contributed by atoms with E-state index in [1.54, 1.807) is 0 Å². The second-order valence-electron chi connectivity index (χ2n) is 16.4. The normalized spacial score (nSPS) is 18.4. The van der Waals surface area contributed by atoms with Gasteiger partial charge in [0, 0.05) is 31.1 Å². The summed E-state index contributed by atoms with van der Waals surface area (Å²) in [5, 5.41) is 0. The van der Waals surface area contributed by atoms with Crippen molar-refractivity contribution in [2.75, 3.05) is 0 Å². The number of nitrogens with zero attached hydrogens (tertiary/aromatic N) is 4. The summed E-state index contributed by atoms with van der Waals surface area (Å²) in [6, 6.07) is 0. The van der Waals surface area contributed by atoms with Crippen LogP contribution in [0.5, 0.6) is 0 Å². The van der Waals surface area contributed by atoms with Crippen LogP contribution in [0.1, 0.15) is 146 Å². The Morgan fingerprint density at radius 1 is 0.472 bits per heavy atom. The number of rotatable bonds is 2. The molecule has 4 nitrogen and oxygen atoms in total. The lowest BCUT2D eigenvalue weighted by molar-refractivity contribution is -0.804. The molecule has 0 saturated carbocycles. The van der Waals surface area contributed by atoms with Crippen molar-refractivity contribution in [1.82, 2.24) is 9.13 Å². The number of benzene rings is 2. The smallest absolute Gasteiger partial charge is 0.199 e. The zero-order valence-electron chi connectivity index (χ0n) is 35.2. The lowest BCUT2D eigenvalue weighted by Gasteiger charge is -2.39. The molecule has 0 N–H and O–H groups in total. The van der Waals surface area contributed by atoms with E-state index in [4.69, 9.17) is 0 Å².